The molecule has 0 saturated heterocycles. The van der Waals surface area contributed by atoms with Gasteiger partial charge in [-0.3, -0.25) is 9.78 Å². The zero-order chi connectivity index (χ0) is 17.6. The van der Waals surface area contributed by atoms with Crippen LogP contribution in [0, 0.1) is 12.8 Å². The molecular formula is C20H25N3O2. The first-order valence-corrected chi connectivity index (χ1v) is 8.84. The van der Waals surface area contributed by atoms with Gasteiger partial charge >= 0.3 is 0 Å². The van der Waals surface area contributed by atoms with Gasteiger partial charge in [0.05, 0.1) is 18.3 Å². The number of nitrogens with one attached hydrogen (secondary N) is 1. The Balaban J connectivity index is 1.67. The lowest BCUT2D eigenvalue weighted by atomic mass is 10.0. The zero-order valence-corrected chi connectivity index (χ0v) is 14.6. The van der Waals surface area contributed by atoms with Gasteiger partial charge in [0.25, 0.3) is 5.91 Å². The van der Waals surface area contributed by atoms with Gasteiger partial charge in [-0.15, -0.1) is 0 Å². The number of nitrogens with two attached hydrogens (primary N) is 1. The van der Waals surface area contributed by atoms with E-state index >= 15 is 0 Å². The van der Waals surface area contributed by atoms with E-state index in [1.54, 1.807) is 18.3 Å². The second-order valence-electron chi connectivity index (χ2n) is 6.51. The fraction of sp³-hybridized carbons (Fsp3) is 0.400. The number of hydrogen-bond acceptors (Lipinski definition) is 4. The fourth-order valence-electron chi connectivity index (χ4n) is 2.86. The van der Waals surface area contributed by atoms with E-state index < -0.39 is 0 Å². The van der Waals surface area contributed by atoms with Crippen LogP contribution >= 0.6 is 0 Å². The second-order valence-corrected chi connectivity index (χ2v) is 6.51. The van der Waals surface area contributed by atoms with E-state index in [1.807, 2.05) is 31.2 Å². The number of amides is 1. The van der Waals surface area contributed by atoms with E-state index in [4.69, 9.17) is 10.5 Å². The first-order chi connectivity index (χ1) is 12.2. The molecule has 1 aliphatic rings. The number of nitrogens with zero attached hydrogens (tertiary/aromatic N) is 1. The number of carbonyl (C=O) groups is 1. The summed E-state index contributed by atoms with van der Waals surface area (Å²) < 4.78 is 5.57. The maximum Gasteiger partial charge on any atom is 0.251 e. The Morgan fingerprint density at radius 1 is 1.32 bits per heavy atom. The summed E-state index contributed by atoms with van der Waals surface area (Å²) in [5.74, 6) is 1.16. The second kappa shape index (κ2) is 8.12. The summed E-state index contributed by atoms with van der Waals surface area (Å²) in [5.41, 5.74) is 8.17. The third-order valence-electron chi connectivity index (χ3n) is 4.46. The van der Waals surface area contributed by atoms with E-state index in [0.29, 0.717) is 24.6 Å². The van der Waals surface area contributed by atoms with Crippen LogP contribution < -0.4 is 15.8 Å². The number of ether oxygens (including phenoxy) is 1. The molecule has 3 N–H and O–H groups in total. The molecule has 1 aromatic heterocycles. The van der Waals surface area contributed by atoms with Crippen LogP contribution in [0.25, 0.3) is 0 Å². The molecule has 1 fully saturated rings. The molecule has 1 saturated carbocycles. The lowest BCUT2D eigenvalue weighted by Crippen LogP contribution is -2.31. The van der Waals surface area contributed by atoms with E-state index in [-0.39, 0.29) is 11.9 Å². The summed E-state index contributed by atoms with van der Waals surface area (Å²) in [6.45, 7) is 3.23. The van der Waals surface area contributed by atoms with Crippen LogP contribution in [-0.2, 0) is 0 Å². The lowest BCUT2D eigenvalue weighted by molar-refractivity contribution is 0.0930. The van der Waals surface area contributed by atoms with Gasteiger partial charge in [0.1, 0.15) is 5.75 Å². The Labute approximate surface area is 148 Å². The van der Waals surface area contributed by atoms with Gasteiger partial charge in [0.15, 0.2) is 0 Å². The maximum atomic E-state index is 12.6. The van der Waals surface area contributed by atoms with E-state index in [0.717, 1.165) is 36.3 Å². The molecule has 0 bridgehead atoms. The van der Waals surface area contributed by atoms with Crippen LogP contribution in [0.2, 0.25) is 0 Å². The van der Waals surface area contributed by atoms with Crippen LogP contribution in [0.15, 0.2) is 42.6 Å². The normalized spacial score (nSPS) is 14.8. The van der Waals surface area contributed by atoms with Crippen LogP contribution in [0.1, 0.15) is 46.9 Å². The topological polar surface area (TPSA) is 77.2 Å². The van der Waals surface area contributed by atoms with Crippen LogP contribution in [0.4, 0.5) is 0 Å². The average Bonchev–Trinajstić information content (AvgIpc) is 3.46. The molecule has 0 unspecified atom stereocenters. The van der Waals surface area contributed by atoms with Crippen molar-refractivity contribution in [3.63, 3.8) is 0 Å². The van der Waals surface area contributed by atoms with Gasteiger partial charge in [-0.2, -0.15) is 0 Å². The van der Waals surface area contributed by atoms with Crippen molar-refractivity contribution in [1.29, 1.82) is 0 Å². The molecule has 132 valence electrons. The Bertz CT molecular complexity index is 711. The summed E-state index contributed by atoms with van der Waals surface area (Å²) >= 11 is 0. The largest absolute Gasteiger partial charge is 0.494 e. The number of benzene rings is 1. The summed E-state index contributed by atoms with van der Waals surface area (Å²) in [7, 11) is 0. The Hall–Kier alpha value is -2.40. The highest BCUT2D eigenvalue weighted by Crippen LogP contribution is 2.41. The van der Waals surface area contributed by atoms with Gasteiger partial charge in [-0.1, -0.05) is 6.07 Å². The summed E-state index contributed by atoms with van der Waals surface area (Å²) in [6, 6.07) is 11.2. The minimum atomic E-state index is -0.0736. The van der Waals surface area contributed by atoms with Crippen LogP contribution in [-0.4, -0.2) is 24.0 Å². The maximum absolute atomic E-state index is 12.6. The van der Waals surface area contributed by atoms with E-state index in [9.17, 15) is 4.79 Å². The van der Waals surface area contributed by atoms with Gasteiger partial charge in [-0.25, -0.2) is 0 Å². The molecule has 0 aliphatic heterocycles. The number of rotatable bonds is 8. The standard InChI is InChI=1S/C20H25N3O2/c1-14-4-2-12-22-18(14)19(15-5-6-15)23-20(24)16-7-9-17(10-8-16)25-13-3-11-21/h2,4,7-10,12,15,19H,3,5-6,11,13,21H2,1H3,(H,23,24)/t19-/m0/s1. The zero-order valence-electron chi connectivity index (χ0n) is 14.6. The minimum absolute atomic E-state index is 0.0193. The van der Waals surface area contributed by atoms with Gasteiger partial charge in [0, 0.05) is 11.8 Å². The molecule has 5 nitrogen and oxygen atoms in total. The predicted octanol–water partition coefficient (Wildman–Crippen LogP) is 3.00. The Morgan fingerprint density at radius 2 is 2.08 bits per heavy atom. The van der Waals surface area contributed by atoms with Crippen molar-refractivity contribution in [3.05, 3.63) is 59.4 Å². The van der Waals surface area contributed by atoms with E-state index in [1.165, 1.54) is 0 Å². The highest BCUT2D eigenvalue weighted by molar-refractivity contribution is 5.94. The monoisotopic (exact) mass is 339 g/mol. The van der Waals surface area contributed by atoms with Crippen LogP contribution in [0.5, 0.6) is 5.75 Å². The number of carbonyl (C=O) groups excluding carboxylic acids is 1. The van der Waals surface area contributed by atoms with Crippen molar-refractivity contribution in [2.24, 2.45) is 11.7 Å². The predicted molar refractivity (Wildman–Crippen MR) is 97.5 cm³/mol. The molecule has 1 heterocycles. The fourth-order valence-corrected chi connectivity index (χ4v) is 2.86. The number of hydrogen-bond donors (Lipinski definition) is 2. The number of aryl methyl sites for hydroxylation is 1. The van der Waals surface area contributed by atoms with Gasteiger partial charge in [0.2, 0.25) is 0 Å². The van der Waals surface area contributed by atoms with E-state index in [2.05, 4.69) is 10.3 Å². The van der Waals surface area contributed by atoms with Gasteiger partial charge in [-0.05, 0) is 74.5 Å². The molecule has 1 amide bonds. The molecule has 5 heteroatoms. The molecule has 1 aliphatic carbocycles. The third kappa shape index (κ3) is 4.57. The third-order valence-corrected chi connectivity index (χ3v) is 4.46. The van der Waals surface area contributed by atoms with Gasteiger partial charge < -0.3 is 15.8 Å². The molecule has 3 rings (SSSR count). The van der Waals surface area contributed by atoms with Crippen molar-refractivity contribution in [2.75, 3.05) is 13.2 Å². The minimum Gasteiger partial charge on any atom is -0.494 e. The quantitative estimate of drug-likeness (QED) is 0.725. The van der Waals surface area contributed by atoms with Crippen molar-refractivity contribution < 1.29 is 9.53 Å². The van der Waals surface area contributed by atoms with Crippen molar-refractivity contribution in [1.82, 2.24) is 10.3 Å². The average molecular weight is 339 g/mol. The first-order valence-electron chi connectivity index (χ1n) is 8.84. The number of aromatic nitrogens is 1. The highest BCUT2D eigenvalue weighted by atomic mass is 16.5. The summed E-state index contributed by atoms with van der Waals surface area (Å²) in [5, 5.41) is 3.17. The molecule has 0 radical (unpaired) electrons. The molecule has 25 heavy (non-hydrogen) atoms. The summed E-state index contributed by atoms with van der Waals surface area (Å²) in [6.07, 6.45) is 4.87. The van der Waals surface area contributed by atoms with Crippen molar-refractivity contribution in [2.45, 2.75) is 32.2 Å². The molecule has 1 atom stereocenters. The SMILES string of the molecule is Cc1cccnc1[C@@H](NC(=O)c1ccc(OCCCN)cc1)C1CC1. The van der Waals surface area contributed by atoms with Crippen molar-refractivity contribution in [3.8, 4) is 5.75 Å². The lowest BCUT2D eigenvalue weighted by Gasteiger charge is -2.19. The molecular weight excluding hydrogens is 314 g/mol. The molecule has 1 aromatic carbocycles. The smallest absolute Gasteiger partial charge is 0.251 e. The Kier molecular flexibility index (Phi) is 5.66. The van der Waals surface area contributed by atoms with Crippen LogP contribution in [0.3, 0.4) is 0 Å². The number of pyridine rings is 1. The highest BCUT2D eigenvalue weighted by Gasteiger charge is 2.35. The molecule has 0 spiro atoms. The summed E-state index contributed by atoms with van der Waals surface area (Å²) in [4.78, 5) is 17.1. The molecule has 2 aromatic rings. The Morgan fingerprint density at radius 3 is 2.72 bits per heavy atom. The first kappa shape index (κ1) is 17.4. The van der Waals surface area contributed by atoms with Crippen molar-refractivity contribution >= 4 is 5.91 Å².